The second kappa shape index (κ2) is 7.08. The minimum Gasteiger partial charge on any atom is -0.319 e. The van der Waals surface area contributed by atoms with Crippen LogP contribution in [0.1, 0.15) is 18.4 Å². The zero-order valence-corrected chi connectivity index (χ0v) is 13.2. The van der Waals surface area contributed by atoms with E-state index in [1.165, 1.54) is 4.31 Å². The van der Waals surface area contributed by atoms with Crippen LogP contribution in [-0.2, 0) is 16.4 Å². The summed E-state index contributed by atoms with van der Waals surface area (Å²) in [7, 11) is -1.58. The molecule has 0 aromatic heterocycles. The summed E-state index contributed by atoms with van der Waals surface area (Å²) < 4.78 is 26.7. The van der Waals surface area contributed by atoms with Gasteiger partial charge in [-0.05, 0) is 56.5 Å². The highest BCUT2D eigenvalue weighted by Crippen LogP contribution is 2.31. The van der Waals surface area contributed by atoms with Crippen LogP contribution in [0, 0.1) is 18.3 Å². The second-order valence-electron chi connectivity index (χ2n) is 5.44. The predicted octanol–water partition coefficient (Wildman–Crippen LogP) is 1.48. The van der Waals surface area contributed by atoms with Gasteiger partial charge in [-0.3, -0.25) is 0 Å². The van der Waals surface area contributed by atoms with Crippen LogP contribution < -0.4 is 5.32 Å². The van der Waals surface area contributed by atoms with E-state index in [-0.39, 0.29) is 6.54 Å². The number of nitrogens with one attached hydrogen (secondary N) is 1. The number of hydrogen-bond donors (Lipinski definition) is 1. The Morgan fingerprint density at radius 3 is 2.52 bits per heavy atom. The van der Waals surface area contributed by atoms with Gasteiger partial charge in [-0.1, -0.05) is 18.1 Å². The lowest BCUT2D eigenvalue weighted by atomic mass is 10.1. The van der Waals surface area contributed by atoms with Gasteiger partial charge in [0.15, 0.2) is 0 Å². The third-order valence-electron chi connectivity index (χ3n) is 3.65. The first kappa shape index (κ1) is 16.0. The Labute approximate surface area is 127 Å². The van der Waals surface area contributed by atoms with Crippen molar-refractivity contribution in [1.29, 1.82) is 0 Å². The summed E-state index contributed by atoms with van der Waals surface area (Å²) in [6.45, 7) is 1.55. The summed E-state index contributed by atoms with van der Waals surface area (Å²) in [5.41, 5.74) is 1.12. The Hall–Kier alpha value is -1.35. The average molecular weight is 306 g/mol. The summed E-state index contributed by atoms with van der Waals surface area (Å²) >= 11 is 0. The molecule has 0 unspecified atom stereocenters. The zero-order chi connectivity index (χ0) is 15.3. The molecule has 0 saturated heterocycles. The predicted molar refractivity (Wildman–Crippen MR) is 84.4 cm³/mol. The Morgan fingerprint density at radius 2 is 2.00 bits per heavy atom. The number of sulfonamides is 1. The number of likely N-dealkylation sites (N-methyl/N-ethyl adjacent to an activating group) is 1. The monoisotopic (exact) mass is 306 g/mol. The van der Waals surface area contributed by atoms with Crippen molar-refractivity contribution in [3.8, 4) is 12.3 Å². The van der Waals surface area contributed by atoms with E-state index in [1.807, 2.05) is 19.2 Å². The average Bonchev–Trinajstić information content (AvgIpc) is 3.29. The molecule has 2 rings (SSSR count). The maximum atomic E-state index is 12.6. The van der Waals surface area contributed by atoms with Gasteiger partial charge in [0.25, 0.3) is 0 Å². The summed E-state index contributed by atoms with van der Waals surface area (Å²) in [4.78, 5) is 0.326. The van der Waals surface area contributed by atoms with Gasteiger partial charge in [-0.15, -0.1) is 6.42 Å². The molecule has 0 radical (unpaired) electrons. The van der Waals surface area contributed by atoms with E-state index in [2.05, 4.69) is 11.2 Å². The minimum atomic E-state index is -3.48. The van der Waals surface area contributed by atoms with E-state index >= 15 is 0 Å². The molecular weight excluding hydrogens is 284 g/mol. The maximum Gasteiger partial charge on any atom is 0.243 e. The van der Waals surface area contributed by atoms with Crippen LogP contribution in [0.3, 0.4) is 0 Å². The van der Waals surface area contributed by atoms with E-state index in [9.17, 15) is 8.42 Å². The van der Waals surface area contributed by atoms with Crippen molar-refractivity contribution < 1.29 is 8.42 Å². The first-order valence-corrected chi connectivity index (χ1v) is 8.69. The van der Waals surface area contributed by atoms with E-state index in [0.717, 1.165) is 31.4 Å². The molecule has 1 aliphatic rings. The number of nitrogens with zero attached hydrogens (tertiary/aromatic N) is 1. The number of benzene rings is 1. The van der Waals surface area contributed by atoms with Crippen molar-refractivity contribution in [2.75, 3.05) is 26.7 Å². The number of hydrogen-bond acceptors (Lipinski definition) is 3. The van der Waals surface area contributed by atoms with Crippen molar-refractivity contribution in [3.63, 3.8) is 0 Å². The molecule has 0 bridgehead atoms. The summed E-state index contributed by atoms with van der Waals surface area (Å²) in [6.07, 6.45) is 8.39. The molecule has 1 N–H and O–H groups in total. The van der Waals surface area contributed by atoms with Crippen LogP contribution in [0.25, 0.3) is 0 Å². The van der Waals surface area contributed by atoms with Crippen LogP contribution in [0.5, 0.6) is 0 Å². The van der Waals surface area contributed by atoms with Gasteiger partial charge in [0.2, 0.25) is 10.0 Å². The molecule has 0 aliphatic heterocycles. The fraction of sp³-hybridized carbons (Fsp3) is 0.500. The third kappa shape index (κ3) is 4.31. The zero-order valence-electron chi connectivity index (χ0n) is 12.4. The minimum absolute atomic E-state index is 0.139. The van der Waals surface area contributed by atoms with Crippen molar-refractivity contribution in [3.05, 3.63) is 29.8 Å². The quantitative estimate of drug-likeness (QED) is 0.740. The lowest BCUT2D eigenvalue weighted by Gasteiger charge is -2.19. The molecule has 5 heteroatoms. The van der Waals surface area contributed by atoms with Crippen molar-refractivity contribution in [2.24, 2.45) is 5.92 Å². The molecule has 1 aromatic carbocycles. The summed E-state index contributed by atoms with van der Waals surface area (Å²) in [6, 6.07) is 7.10. The van der Waals surface area contributed by atoms with Crippen LogP contribution in [-0.4, -0.2) is 39.4 Å². The normalized spacial score (nSPS) is 15.1. The van der Waals surface area contributed by atoms with Crippen molar-refractivity contribution in [1.82, 2.24) is 9.62 Å². The molecular formula is C16H22N2O2S. The topological polar surface area (TPSA) is 49.4 Å². The van der Waals surface area contributed by atoms with Gasteiger partial charge in [-0.25, -0.2) is 8.42 Å². The molecule has 21 heavy (non-hydrogen) atoms. The molecule has 0 atom stereocenters. The van der Waals surface area contributed by atoms with E-state index in [0.29, 0.717) is 17.4 Å². The number of terminal acetylenes is 1. The second-order valence-corrected chi connectivity index (χ2v) is 7.38. The van der Waals surface area contributed by atoms with Crippen LogP contribution in [0.4, 0.5) is 0 Å². The third-order valence-corrected chi connectivity index (χ3v) is 5.48. The maximum absolute atomic E-state index is 12.6. The molecule has 1 saturated carbocycles. The molecule has 4 nitrogen and oxygen atoms in total. The smallest absolute Gasteiger partial charge is 0.243 e. The van der Waals surface area contributed by atoms with Gasteiger partial charge in [0.1, 0.15) is 0 Å². The van der Waals surface area contributed by atoms with Gasteiger partial charge in [-0.2, -0.15) is 4.31 Å². The van der Waals surface area contributed by atoms with Crippen molar-refractivity contribution in [2.45, 2.75) is 24.2 Å². The first-order valence-electron chi connectivity index (χ1n) is 7.25. The molecule has 1 aliphatic carbocycles. The lowest BCUT2D eigenvalue weighted by molar-refractivity contribution is 0.430. The Kier molecular flexibility index (Phi) is 5.40. The fourth-order valence-electron chi connectivity index (χ4n) is 2.18. The van der Waals surface area contributed by atoms with Crippen LogP contribution in [0.15, 0.2) is 29.2 Å². The largest absolute Gasteiger partial charge is 0.319 e. The highest BCUT2D eigenvalue weighted by Gasteiger charge is 2.31. The van der Waals surface area contributed by atoms with Gasteiger partial charge >= 0.3 is 0 Å². The van der Waals surface area contributed by atoms with Gasteiger partial charge < -0.3 is 5.32 Å². The molecule has 0 heterocycles. The Morgan fingerprint density at radius 1 is 1.33 bits per heavy atom. The SMILES string of the molecule is C#CCN(CC1CC1)S(=O)(=O)c1ccc(CCNC)cc1. The lowest BCUT2D eigenvalue weighted by Crippen LogP contribution is -2.33. The summed E-state index contributed by atoms with van der Waals surface area (Å²) in [5.74, 6) is 2.93. The highest BCUT2D eigenvalue weighted by molar-refractivity contribution is 7.89. The van der Waals surface area contributed by atoms with Gasteiger partial charge in [0, 0.05) is 6.54 Å². The fourth-order valence-corrected chi connectivity index (χ4v) is 3.61. The van der Waals surface area contributed by atoms with Crippen molar-refractivity contribution >= 4 is 10.0 Å². The van der Waals surface area contributed by atoms with Gasteiger partial charge in [0.05, 0.1) is 11.4 Å². The Balaban J connectivity index is 2.14. The van der Waals surface area contributed by atoms with E-state index < -0.39 is 10.0 Å². The van der Waals surface area contributed by atoms with Crippen LogP contribution in [0.2, 0.25) is 0 Å². The van der Waals surface area contributed by atoms with E-state index in [1.54, 1.807) is 12.1 Å². The molecule has 1 fully saturated rings. The molecule has 0 amide bonds. The molecule has 114 valence electrons. The highest BCUT2D eigenvalue weighted by atomic mass is 32.2. The summed E-state index contributed by atoms with van der Waals surface area (Å²) in [5, 5.41) is 3.08. The number of rotatable bonds is 8. The van der Waals surface area contributed by atoms with Crippen LogP contribution >= 0.6 is 0 Å². The first-order chi connectivity index (χ1) is 10.1. The van der Waals surface area contributed by atoms with E-state index in [4.69, 9.17) is 6.42 Å². The standard InChI is InChI=1S/C16H22N2O2S/c1-3-12-18(13-15-4-5-15)21(19,20)16-8-6-14(7-9-16)10-11-17-2/h1,6-9,15,17H,4-5,10-13H2,2H3. The Bertz CT molecular complexity index is 598. The molecule has 0 spiro atoms. The molecule has 1 aromatic rings.